The van der Waals surface area contributed by atoms with Gasteiger partial charge in [-0.15, -0.1) is 0 Å². The lowest BCUT2D eigenvalue weighted by Gasteiger charge is -2.31. The van der Waals surface area contributed by atoms with Crippen LogP contribution in [-0.2, 0) is 19.2 Å². The van der Waals surface area contributed by atoms with E-state index in [4.69, 9.17) is 39.4 Å². The molecular formula is C76H90N4O25. The Balaban J connectivity index is 0.000000202. The lowest BCUT2D eigenvalue weighted by Crippen LogP contribution is -2.33. The van der Waals surface area contributed by atoms with Crippen LogP contribution in [-0.4, -0.2) is 166 Å². The molecule has 0 bridgehead atoms. The van der Waals surface area contributed by atoms with Crippen LogP contribution in [0.15, 0.2) is 146 Å². The van der Waals surface area contributed by atoms with Crippen LogP contribution in [0, 0.1) is 0 Å². The van der Waals surface area contributed by atoms with Gasteiger partial charge in [-0.25, -0.2) is 0 Å². The number of aromatic hydroxyl groups is 8. The van der Waals surface area contributed by atoms with Gasteiger partial charge in [0, 0.05) is 51.9 Å². The van der Waals surface area contributed by atoms with Gasteiger partial charge in [-0.2, -0.15) is 0 Å². The highest BCUT2D eigenvalue weighted by atomic mass is 16.5. The van der Waals surface area contributed by atoms with Gasteiger partial charge in [0.25, 0.3) is 0 Å². The lowest BCUT2D eigenvalue weighted by molar-refractivity contribution is -0.139. The molecule has 29 nitrogen and oxygen atoms in total. The molecule has 0 saturated heterocycles. The van der Waals surface area contributed by atoms with Crippen molar-refractivity contribution in [2.45, 2.75) is 99.9 Å². The molecule has 4 aliphatic rings. The molecule has 0 spiro atoms. The summed E-state index contributed by atoms with van der Waals surface area (Å²) in [6, 6.07) is 40.1. The van der Waals surface area contributed by atoms with E-state index in [1.807, 2.05) is 24.3 Å². The number of rotatable bonds is 18. The number of ether oxygens (including phenoxy) is 4. The first-order valence-corrected chi connectivity index (χ1v) is 33.0. The van der Waals surface area contributed by atoms with Gasteiger partial charge in [0.1, 0.15) is 23.0 Å². The van der Waals surface area contributed by atoms with Gasteiger partial charge in [-0.3, -0.25) is 19.2 Å². The fraction of sp³-hybridized carbons (Fsp3) is 0.316. The number of hydrogen-bond acceptors (Lipinski definition) is 24. The number of nitrogens with one attached hydrogen (secondary N) is 4. The van der Waals surface area contributed by atoms with Gasteiger partial charge in [0.2, 0.25) is 0 Å². The first-order valence-electron chi connectivity index (χ1n) is 33.0. The van der Waals surface area contributed by atoms with Crippen molar-refractivity contribution in [3.63, 3.8) is 0 Å². The van der Waals surface area contributed by atoms with Crippen molar-refractivity contribution < 1.29 is 125 Å². The average molecular weight is 1460 g/mol. The molecule has 8 atom stereocenters. The molecule has 564 valence electrons. The van der Waals surface area contributed by atoms with E-state index in [-0.39, 0.29) is 101 Å². The SMILES string of the molecule is COc1cc(C2NCC(O)c3cc(O)ccc32)ccc1O.COc1cc(C2NCC(O)c3cc(O)ccc32)ccc1O.COc1cc(C2NCC(O)c3cc(O)ccc32)ccc1O.COc1cc(C2NCC(O)c3cc(O)ccc32)ccc1O.O.O=C(O)CCCCC(=O)O.O=C(O)CCCCC(=O)O. The van der Waals surface area contributed by atoms with E-state index in [0.29, 0.717) is 97.1 Å². The van der Waals surface area contributed by atoms with E-state index >= 15 is 0 Å². The van der Waals surface area contributed by atoms with Crippen LogP contribution in [0.1, 0.15) is 167 Å². The fourth-order valence-corrected chi connectivity index (χ4v) is 12.0. The van der Waals surface area contributed by atoms with Crippen LogP contribution in [0.4, 0.5) is 0 Å². The van der Waals surface area contributed by atoms with Crippen LogP contribution in [0.5, 0.6) is 69.0 Å². The Morgan fingerprint density at radius 2 is 0.495 bits per heavy atom. The Morgan fingerprint density at radius 3 is 0.667 bits per heavy atom. The van der Waals surface area contributed by atoms with E-state index in [0.717, 1.165) is 44.5 Å². The molecule has 4 aliphatic heterocycles. The lowest BCUT2D eigenvalue weighted by atomic mass is 9.88. The first-order chi connectivity index (χ1) is 49.6. The molecular weight excluding hydrogens is 1370 g/mol. The van der Waals surface area contributed by atoms with Gasteiger partial charge in [-0.1, -0.05) is 48.5 Å². The molecule has 0 radical (unpaired) electrons. The highest BCUT2D eigenvalue weighted by Crippen LogP contribution is 2.43. The third kappa shape index (κ3) is 22.9. The number of unbranched alkanes of at least 4 members (excludes halogenated alkanes) is 2. The fourth-order valence-electron chi connectivity index (χ4n) is 12.0. The van der Waals surface area contributed by atoms with Crippen LogP contribution in [0.2, 0.25) is 0 Å². The van der Waals surface area contributed by atoms with Crippen LogP contribution in [0.3, 0.4) is 0 Å². The molecule has 4 heterocycles. The normalized spacial score (nSPS) is 18.4. The second-order valence-electron chi connectivity index (χ2n) is 24.4. The highest BCUT2D eigenvalue weighted by molar-refractivity contribution is 5.69. The number of carboxylic acid groups (broad SMARTS) is 4. The van der Waals surface area contributed by atoms with Gasteiger partial charge in [-0.05, 0) is 190 Å². The van der Waals surface area contributed by atoms with E-state index in [1.165, 1.54) is 28.4 Å². The minimum Gasteiger partial charge on any atom is -0.508 e. The maximum atomic E-state index is 10.1. The molecule has 8 aromatic carbocycles. The van der Waals surface area contributed by atoms with E-state index in [2.05, 4.69) is 21.3 Å². The summed E-state index contributed by atoms with van der Waals surface area (Å²) in [5.74, 6) is -0.978. The zero-order valence-electron chi connectivity index (χ0n) is 57.9. The molecule has 12 rings (SSSR count). The topological polar surface area (TPSA) is 509 Å². The quantitative estimate of drug-likeness (QED) is 0.0362. The number of methoxy groups -OCH3 is 4. The molecule has 22 N–H and O–H groups in total. The number of carboxylic acids is 4. The van der Waals surface area contributed by atoms with Gasteiger partial charge >= 0.3 is 23.9 Å². The summed E-state index contributed by atoms with van der Waals surface area (Å²) in [6.07, 6.45) is -0.567. The molecule has 8 aromatic rings. The predicted octanol–water partition coefficient (Wildman–Crippen LogP) is 7.94. The van der Waals surface area contributed by atoms with Crippen molar-refractivity contribution in [2.75, 3.05) is 54.6 Å². The number of fused-ring (bicyclic) bond motifs is 4. The highest BCUT2D eigenvalue weighted by Gasteiger charge is 2.32. The number of benzene rings is 8. The molecule has 105 heavy (non-hydrogen) atoms. The predicted molar refractivity (Wildman–Crippen MR) is 381 cm³/mol. The molecule has 29 heteroatoms. The number of phenols is 8. The van der Waals surface area contributed by atoms with Crippen molar-refractivity contribution >= 4 is 23.9 Å². The summed E-state index contributed by atoms with van der Waals surface area (Å²) in [5, 5.41) is 163. The Labute approximate surface area is 604 Å². The van der Waals surface area contributed by atoms with E-state index in [9.17, 15) is 80.5 Å². The Kier molecular flexibility index (Phi) is 31.2. The van der Waals surface area contributed by atoms with Crippen molar-refractivity contribution in [1.82, 2.24) is 21.3 Å². The Bertz CT molecular complexity index is 3700. The van der Waals surface area contributed by atoms with Crippen molar-refractivity contribution in [2.24, 2.45) is 0 Å². The summed E-state index contributed by atoms with van der Waals surface area (Å²) in [7, 11) is 6.01. The third-order valence-electron chi connectivity index (χ3n) is 17.2. The molecule has 0 amide bonds. The number of aliphatic hydroxyl groups is 4. The van der Waals surface area contributed by atoms with E-state index in [1.54, 1.807) is 121 Å². The monoisotopic (exact) mass is 1460 g/mol. The molecule has 0 aromatic heterocycles. The summed E-state index contributed by atoms with van der Waals surface area (Å²) < 4.78 is 20.5. The maximum absolute atomic E-state index is 10.1. The molecule has 0 saturated carbocycles. The van der Waals surface area contributed by atoms with Crippen molar-refractivity contribution in [1.29, 1.82) is 0 Å². The summed E-state index contributed by atoms with van der Waals surface area (Å²) in [5.41, 5.74) is 10.1. The smallest absolute Gasteiger partial charge is 0.303 e. The number of aliphatic hydroxyl groups excluding tert-OH is 4. The Hall–Kier alpha value is -11.1. The number of carbonyl (C=O) groups is 4. The summed E-state index contributed by atoms with van der Waals surface area (Å²) in [6.45, 7) is 1.57. The zero-order valence-corrected chi connectivity index (χ0v) is 57.9. The minimum atomic E-state index is -0.870. The third-order valence-corrected chi connectivity index (χ3v) is 17.2. The molecule has 8 unspecified atom stereocenters. The molecule has 0 fully saturated rings. The second-order valence-corrected chi connectivity index (χ2v) is 24.4. The van der Waals surface area contributed by atoms with Gasteiger partial charge in [0.15, 0.2) is 46.0 Å². The van der Waals surface area contributed by atoms with Crippen LogP contribution < -0.4 is 40.2 Å². The average Bonchev–Trinajstić information content (AvgIpc) is 0.803. The summed E-state index contributed by atoms with van der Waals surface area (Å²) >= 11 is 0. The largest absolute Gasteiger partial charge is 0.508 e. The second kappa shape index (κ2) is 39.5. The summed E-state index contributed by atoms with van der Waals surface area (Å²) in [4.78, 5) is 39.6. The number of phenolic OH excluding ortho intramolecular Hbond substituents is 8. The molecule has 0 aliphatic carbocycles. The van der Waals surface area contributed by atoms with Crippen LogP contribution in [0.25, 0.3) is 0 Å². The van der Waals surface area contributed by atoms with E-state index < -0.39 is 48.3 Å². The van der Waals surface area contributed by atoms with Crippen molar-refractivity contribution in [3.05, 3.63) is 212 Å². The minimum absolute atomic E-state index is 0. The van der Waals surface area contributed by atoms with Gasteiger partial charge in [0.05, 0.1) is 77.0 Å². The number of β-amino-alcohol motifs (C(OH)–C–C–N with tert-alkyl or cyclic N) is 4. The zero-order chi connectivity index (χ0) is 75.9. The first kappa shape index (κ1) is 82.8. The standard InChI is InChI=1S/4C16H17NO4.2C6H10O4.H2O/c4*1-21-15-6-9(2-5-13(15)19)16-11-4-3-10(18)7-12(11)14(20)8-17-16;2*7-5(8)3-1-2-4-6(9)10;/h4*2-7,14,16-20H,8H2,1H3;2*1-4H2,(H,7,8)(H,9,10);1H2. The number of aliphatic carboxylic acids is 4. The van der Waals surface area contributed by atoms with Crippen molar-refractivity contribution in [3.8, 4) is 69.0 Å². The van der Waals surface area contributed by atoms with Gasteiger partial charge < -0.3 is 127 Å². The van der Waals surface area contributed by atoms with Crippen LogP contribution >= 0.6 is 0 Å². The maximum Gasteiger partial charge on any atom is 0.303 e. The Morgan fingerprint density at radius 1 is 0.305 bits per heavy atom. The number of hydrogen-bond donors (Lipinski definition) is 20.